The van der Waals surface area contributed by atoms with Gasteiger partial charge in [-0.25, -0.2) is 4.98 Å². The molecule has 0 saturated carbocycles. The van der Waals surface area contributed by atoms with Gasteiger partial charge in [0.2, 0.25) is 0 Å². The van der Waals surface area contributed by atoms with Crippen molar-refractivity contribution in [1.82, 2.24) is 25.0 Å². The van der Waals surface area contributed by atoms with Crippen molar-refractivity contribution in [3.8, 4) is 0 Å². The quantitative estimate of drug-likeness (QED) is 0.762. The summed E-state index contributed by atoms with van der Waals surface area (Å²) < 4.78 is 6.09. The van der Waals surface area contributed by atoms with Gasteiger partial charge in [-0.3, -0.25) is 14.8 Å². The lowest BCUT2D eigenvalue weighted by Gasteiger charge is -2.33. The topological polar surface area (TPSA) is 74.4 Å². The van der Waals surface area contributed by atoms with Gasteiger partial charge in [0, 0.05) is 62.8 Å². The van der Waals surface area contributed by atoms with E-state index in [1.165, 1.54) is 11.3 Å². The lowest BCUT2D eigenvalue weighted by atomic mass is 10.0. The van der Waals surface area contributed by atoms with Crippen LogP contribution in [0.15, 0.2) is 30.6 Å². The first-order valence-corrected chi connectivity index (χ1v) is 9.36. The van der Waals surface area contributed by atoms with Crippen LogP contribution < -0.4 is 0 Å². The molecule has 1 aliphatic rings. The number of morpholine rings is 1. The Labute approximate surface area is 155 Å². The number of carbonyl (C=O) groups is 1. The van der Waals surface area contributed by atoms with Crippen LogP contribution >= 0.6 is 11.3 Å². The minimum Gasteiger partial charge on any atom is -0.371 e. The Morgan fingerprint density at radius 1 is 1.42 bits per heavy atom. The zero-order valence-electron chi connectivity index (χ0n) is 14.8. The van der Waals surface area contributed by atoms with E-state index in [-0.39, 0.29) is 12.0 Å². The maximum absolute atomic E-state index is 12.7. The maximum atomic E-state index is 12.7. The van der Waals surface area contributed by atoms with Crippen LogP contribution in [0.2, 0.25) is 0 Å². The van der Waals surface area contributed by atoms with E-state index in [9.17, 15) is 4.79 Å². The molecule has 1 N–H and O–H groups in total. The molecule has 1 amide bonds. The molecule has 1 fully saturated rings. The summed E-state index contributed by atoms with van der Waals surface area (Å²) in [7, 11) is 3.55. The number of pyridine rings is 1. The van der Waals surface area contributed by atoms with Gasteiger partial charge in [0.05, 0.1) is 12.7 Å². The van der Waals surface area contributed by atoms with Gasteiger partial charge in [-0.05, 0) is 12.1 Å². The van der Waals surface area contributed by atoms with Gasteiger partial charge < -0.3 is 9.64 Å². The molecular weight excluding hydrogens is 350 g/mol. The number of aromatic amines is 1. The van der Waals surface area contributed by atoms with E-state index in [0.717, 1.165) is 46.0 Å². The molecular formula is C18H21N5O2S. The molecule has 4 rings (SSSR count). The van der Waals surface area contributed by atoms with Crippen LogP contribution in [-0.2, 0) is 11.3 Å². The lowest BCUT2D eigenvalue weighted by Crippen LogP contribution is -2.38. The molecule has 136 valence electrons. The number of nitrogens with one attached hydrogen (secondary N) is 1. The number of H-pyrrole nitrogens is 1. The average Bonchev–Trinajstić information content (AvgIpc) is 3.28. The highest BCUT2D eigenvalue weighted by molar-refractivity contribution is 7.20. The van der Waals surface area contributed by atoms with Crippen LogP contribution in [0.4, 0.5) is 0 Å². The number of amides is 1. The van der Waals surface area contributed by atoms with Crippen LogP contribution in [0.3, 0.4) is 0 Å². The van der Waals surface area contributed by atoms with E-state index >= 15 is 0 Å². The molecule has 4 heterocycles. The Morgan fingerprint density at radius 3 is 3.08 bits per heavy atom. The molecule has 1 unspecified atom stereocenters. The van der Waals surface area contributed by atoms with Crippen molar-refractivity contribution in [3.63, 3.8) is 0 Å². The monoisotopic (exact) mass is 371 g/mol. The summed E-state index contributed by atoms with van der Waals surface area (Å²) in [6, 6.07) is 5.92. The number of thiophene rings is 1. The summed E-state index contributed by atoms with van der Waals surface area (Å²) in [6.45, 7) is 3.00. The number of nitrogens with zero attached hydrogens (tertiary/aromatic N) is 4. The van der Waals surface area contributed by atoms with Gasteiger partial charge in [0.25, 0.3) is 5.91 Å². The number of hydrogen-bond acceptors (Lipinski definition) is 6. The third-order valence-electron chi connectivity index (χ3n) is 4.53. The van der Waals surface area contributed by atoms with Gasteiger partial charge in [-0.15, -0.1) is 11.3 Å². The summed E-state index contributed by atoms with van der Waals surface area (Å²) in [5.41, 5.74) is 2.04. The second kappa shape index (κ2) is 7.14. The summed E-state index contributed by atoms with van der Waals surface area (Å²) >= 11 is 1.44. The Morgan fingerprint density at radius 2 is 2.31 bits per heavy atom. The molecule has 1 aliphatic heterocycles. The first-order valence-electron chi connectivity index (χ1n) is 8.54. The normalized spacial score (nSPS) is 18.3. The fraction of sp³-hybridized carbons (Fsp3) is 0.389. The first-order chi connectivity index (χ1) is 12.6. The van der Waals surface area contributed by atoms with E-state index in [1.807, 2.05) is 18.2 Å². The molecule has 0 spiro atoms. The van der Waals surface area contributed by atoms with E-state index in [1.54, 1.807) is 31.4 Å². The van der Waals surface area contributed by atoms with Gasteiger partial charge in [-0.2, -0.15) is 5.10 Å². The molecule has 0 bridgehead atoms. The molecule has 3 aromatic rings. The molecule has 0 aliphatic carbocycles. The first kappa shape index (κ1) is 17.1. The predicted molar refractivity (Wildman–Crippen MR) is 100 cm³/mol. The number of aromatic nitrogens is 3. The summed E-state index contributed by atoms with van der Waals surface area (Å²) in [5, 5.41) is 8.03. The van der Waals surface area contributed by atoms with Gasteiger partial charge >= 0.3 is 0 Å². The van der Waals surface area contributed by atoms with Gasteiger partial charge in [-0.1, -0.05) is 6.07 Å². The Hall–Kier alpha value is -2.29. The minimum absolute atomic E-state index is 0.00251. The predicted octanol–water partition coefficient (Wildman–Crippen LogP) is 2.29. The van der Waals surface area contributed by atoms with Crippen molar-refractivity contribution in [3.05, 3.63) is 46.7 Å². The maximum Gasteiger partial charge on any atom is 0.263 e. The highest BCUT2D eigenvalue weighted by Gasteiger charge is 2.30. The lowest BCUT2D eigenvalue weighted by molar-refractivity contribution is -0.0327. The number of fused-ring (bicyclic) bond motifs is 1. The van der Waals surface area contributed by atoms with Crippen molar-refractivity contribution in [2.75, 3.05) is 33.8 Å². The van der Waals surface area contributed by atoms with Crippen molar-refractivity contribution in [2.24, 2.45) is 0 Å². The molecule has 1 saturated heterocycles. The van der Waals surface area contributed by atoms with Crippen LogP contribution in [0.25, 0.3) is 10.2 Å². The Kier molecular flexibility index (Phi) is 4.71. The molecule has 8 heteroatoms. The molecule has 3 aromatic heterocycles. The van der Waals surface area contributed by atoms with Crippen LogP contribution in [-0.4, -0.2) is 64.7 Å². The van der Waals surface area contributed by atoms with Crippen molar-refractivity contribution >= 4 is 27.5 Å². The molecule has 0 radical (unpaired) electrons. The SMILES string of the molecule is CN(C)C(=O)c1sc2ncccc2c1C1CN(Cc2ccn[nH]2)CCO1. The molecule has 0 aromatic carbocycles. The third-order valence-corrected chi connectivity index (χ3v) is 5.65. The van der Waals surface area contributed by atoms with Gasteiger partial charge in [0.15, 0.2) is 0 Å². The third kappa shape index (κ3) is 3.23. The number of ether oxygens (including phenoxy) is 1. The van der Waals surface area contributed by atoms with Crippen molar-refractivity contribution < 1.29 is 9.53 Å². The van der Waals surface area contributed by atoms with Crippen LogP contribution in [0, 0.1) is 0 Å². The fourth-order valence-corrected chi connectivity index (χ4v) is 4.48. The van der Waals surface area contributed by atoms with E-state index < -0.39 is 0 Å². The smallest absolute Gasteiger partial charge is 0.263 e. The summed E-state index contributed by atoms with van der Waals surface area (Å²) in [4.78, 5) is 22.7. The Bertz CT molecular complexity index is 906. The van der Waals surface area contributed by atoms with E-state index in [2.05, 4.69) is 20.1 Å². The van der Waals surface area contributed by atoms with E-state index in [4.69, 9.17) is 4.74 Å². The largest absolute Gasteiger partial charge is 0.371 e. The molecule has 7 nitrogen and oxygen atoms in total. The number of carbonyl (C=O) groups excluding carboxylic acids is 1. The second-order valence-corrected chi connectivity index (χ2v) is 7.58. The molecule has 26 heavy (non-hydrogen) atoms. The number of rotatable bonds is 4. The molecule has 1 atom stereocenters. The fourth-order valence-electron chi connectivity index (χ4n) is 3.27. The summed E-state index contributed by atoms with van der Waals surface area (Å²) in [6.07, 6.45) is 3.38. The van der Waals surface area contributed by atoms with E-state index in [0.29, 0.717) is 6.61 Å². The Balaban J connectivity index is 1.68. The van der Waals surface area contributed by atoms with Crippen LogP contribution in [0.1, 0.15) is 27.0 Å². The highest BCUT2D eigenvalue weighted by Crippen LogP contribution is 2.37. The average molecular weight is 371 g/mol. The zero-order chi connectivity index (χ0) is 18.1. The zero-order valence-corrected chi connectivity index (χ0v) is 15.6. The summed E-state index contributed by atoms with van der Waals surface area (Å²) in [5.74, 6) is -0.00251. The standard InChI is InChI=1S/C18H21N5O2S/c1-22(2)18(24)16-15(13-4-3-6-19-17(13)26-16)14-11-23(8-9-25-14)10-12-5-7-20-21-12/h3-7,14H,8-11H2,1-2H3,(H,20,21). The van der Waals surface area contributed by atoms with Crippen molar-refractivity contribution in [2.45, 2.75) is 12.6 Å². The highest BCUT2D eigenvalue weighted by atomic mass is 32.1. The minimum atomic E-state index is -0.150. The second-order valence-electron chi connectivity index (χ2n) is 6.58. The van der Waals surface area contributed by atoms with Crippen molar-refractivity contribution in [1.29, 1.82) is 0 Å². The van der Waals surface area contributed by atoms with Gasteiger partial charge in [0.1, 0.15) is 9.71 Å². The number of hydrogen-bond donors (Lipinski definition) is 1. The van der Waals surface area contributed by atoms with Crippen LogP contribution in [0.5, 0.6) is 0 Å².